The lowest BCUT2D eigenvalue weighted by Crippen LogP contribution is -2.23. The first-order chi connectivity index (χ1) is 9.38. The van der Waals surface area contributed by atoms with Crippen LogP contribution in [-0.2, 0) is 4.74 Å². The molecule has 0 amide bonds. The van der Waals surface area contributed by atoms with Gasteiger partial charge in [-0.15, -0.1) is 0 Å². The number of allylic oxidation sites excluding steroid dienone is 1. The standard InChI is InChI=1S/C15H17N3O/c1-16-15(14-8-4-5-9-19-14)13-10-17-11-6-2-3-7-12(11)18-13/h2-3,6-8,10,15-16H,4-5,9H2,1H3. The van der Waals surface area contributed by atoms with Crippen LogP contribution >= 0.6 is 0 Å². The summed E-state index contributed by atoms with van der Waals surface area (Å²) < 4.78 is 5.73. The molecule has 4 heteroatoms. The number of para-hydroxylation sites is 2. The van der Waals surface area contributed by atoms with E-state index >= 15 is 0 Å². The number of benzene rings is 1. The van der Waals surface area contributed by atoms with Crippen molar-refractivity contribution in [3.8, 4) is 0 Å². The normalized spacial score (nSPS) is 16.8. The molecule has 1 N–H and O–H groups in total. The van der Waals surface area contributed by atoms with Gasteiger partial charge in [-0.2, -0.15) is 0 Å². The molecular weight excluding hydrogens is 238 g/mol. The molecule has 0 aliphatic carbocycles. The molecular formula is C15H17N3O. The molecule has 1 aliphatic rings. The van der Waals surface area contributed by atoms with E-state index in [0.717, 1.165) is 41.9 Å². The molecule has 1 unspecified atom stereocenters. The topological polar surface area (TPSA) is 47.0 Å². The van der Waals surface area contributed by atoms with E-state index in [1.165, 1.54) is 0 Å². The fourth-order valence-electron chi connectivity index (χ4n) is 2.32. The van der Waals surface area contributed by atoms with Gasteiger partial charge < -0.3 is 10.1 Å². The molecule has 2 aromatic rings. The second-order valence-corrected chi connectivity index (χ2v) is 4.60. The minimum absolute atomic E-state index is 0.0163. The van der Waals surface area contributed by atoms with Crippen molar-refractivity contribution >= 4 is 11.0 Å². The van der Waals surface area contributed by atoms with Gasteiger partial charge in [-0.25, -0.2) is 4.98 Å². The lowest BCUT2D eigenvalue weighted by molar-refractivity contribution is 0.169. The monoisotopic (exact) mass is 255 g/mol. The van der Waals surface area contributed by atoms with Gasteiger partial charge in [0.2, 0.25) is 0 Å². The molecule has 98 valence electrons. The number of nitrogens with one attached hydrogen (secondary N) is 1. The van der Waals surface area contributed by atoms with Gasteiger partial charge in [-0.1, -0.05) is 12.1 Å². The van der Waals surface area contributed by atoms with E-state index in [-0.39, 0.29) is 6.04 Å². The Morgan fingerprint density at radius 3 is 2.84 bits per heavy atom. The summed E-state index contributed by atoms with van der Waals surface area (Å²) in [5.41, 5.74) is 2.73. The molecule has 0 saturated heterocycles. The second-order valence-electron chi connectivity index (χ2n) is 4.60. The maximum absolute atomic E-state index is 5.73. The van der Waals surface area contributed by atoms with Gasteiger partial charge in [-0.3, -0.25) is 4.98 Å². The largest absolute Gasteiger partial charge is 0.496 e. The van der Waals surface area contributed by atoms with Gasteiger partial charge in [0.05, 0.1) is 29.5 Å². The first kappa shape index (κ1) is 12.1. The van der Waals surface area contributed by atoms with Crippen LogP contribution in [0, 0.1) is 0 Å². The summed E-state index contributed by atoms with van der Waals surface area (Å²) in [4.78, 5) is 9.14. The van der Waals surface area contributed by atoms with Gasteiger partial charge in [-0.05, 0) is 38.1 Å². The van der Waals surface area contributed by atoms with Crippen molar-refractivity contribution in [2.75, 3.05) is 13.7 Å². The van der Waals surface area contributed by atoms with E-state index in [4.69, 9.17) is 4.74 Å². The number of hydrogen-bond donors (Lipinski definition) is 1. The highest BCUT2D eigenvalue weighted by Gasteiger charge is 2.20. The van der Waals surface area contributed by atoms with E-state index in [2.05, 4.69) is 21.4 Å². The summed E-state index contributed by atoms with van der Waals surface area (Å²) in [5, 5.41) is 3.26. The van der Waals surface area contributed by atoms with Gasteiger partial charge >= 0.3 is 0 Å². The van der Waals surface area contributed by atoms with E-state index in [9.17, 15) is 0 Å². The van der Waals surface area contributed by atoms with Crippen molar-refractivity contribution in [3.05, 3.63) is 48.0 Å². The number of aromatic nitrogens is 2. The van der Waals surface area contributed by atoms with Crippen LogP contribution < -0.4 is 5.32 Å². The molecule has 1 aromatic heterocycles. The zero-order chi connectivity index (χ0) is 13.1. The third-order valence-electron chi connectivity index (χ3n) is 3.30. The SMILES string of the molecule is CNC(C1=CCCCO1)c1cnc2ccccc2n1. The predicted octanol–water partition coefficient (Wildman–Crippen LogP) is 2.58. The first-order valence-corrected chi connectivity index (χ1v) is 6.60. The molecule has 1 atom stereocenters. The Kier molecular flexibility index (Phi) is 3.42. The Morgan fingerprint density at radius 2 is 2.11 bits per heavy atom. The summed E-state index contributed by atoms with van der Waals surface area (Å²) in [6, 6.07) is 7.88. The molecule has 19 heavy (non-hydrogen) atoms. The Hall–Kier alpha value is -1.94. The lowest BCUT2D eigenvalue weighted by Gasteiger charge is -2.23. The zero-order valence-electron chi connectivity index (χ0n) is 11.0. The smallest absolute Gasteiger partial charge is 0.115 e. The Balaban J connectivity index is 1.98. The molecule has 1 aliphatic heterocycles. The van der Waals surface area contributed by atoms with E-state index in [1.54, 1.807) is 0 Å². The summed E-state index contributed by atoms with van der Waals surface area (Å²) in [6.07, 6.45) is 6.11. The van der Waals surface area contributed by atoms with Crippen LogP contribution in [0.25, 0.3) is 11.0 Å². The fraction of sp³-hybridized carbons (Fsp3) is 0.333. The van der Waals surface area contributed by atoms with Crippen LogP contribution in [0.5, 0.6) is 0 Å². The van der Waals surface area contributed by atoms with Crippen LogP contribution in [0.4, 0.5) is 0 Å². The van der Waals surface area contributed by atoms with Gasteiger partial charge in [0, 0.05) is 0 Å². The van der Waals surface area contributed by atoms with Crippen molar-refractivity contribution in [1.82, 2.24) is 15.3 Å². The quantitative estimate of drug-likeness (QED) is 0.915. The van der Waals surface area contributed by atoms with Crippen molar-refractivity contribution < 1.29 is 4.74 Å². The molecule has 0 fully saturated rings. The minimum Gasteiger partial charge on any atom is -0.496 e. The van der Waals surface area contributed by atoms with Crippen LogP contribution in [0.3, 0.4) is 0 Å². The van der Waals surface area contributed by atoms with E-state index in [0.29, 0.717) is 0 Å². The average Bonchev–Trinajstić information content (AvgIpc) is 2.49. The third-order valence-corrected chi connectivity index (χ3v) is 3.30. The number of ether oxygens (including phenoxy) is 1. The molecule has 0 radical (unpaired) electrons. The third kappa shape index (κ3) is 2.44. The Bertz CT molecular complexity index is 609. The van der Waals surface area contributed by atoms with Crippen LogP contribution in [-0.4, -0.2) is 23.6 Å². The number of hydrogen-bond acceptors (Lipinski definition) is 4. The van der Waals surface area contributed by atoms with E-state index in [1.807, 2.05) is 37.5 Å². The summed E-state index contributed by atoms with van der Waals surface area (Å²) in [6.45, 7) is 0.783. The zero-order valence-corrected chi connectivity index (χ0v) is 11.0. The highest BCUT2D eigenvalue weighted by atomic mass is 16.5. The molecule has 3 rings (SSSR count). The second kappa shape index (κ2) is 5.36. The number of nitrogens with zero attached hydrogens (tertiary/aromatic N) is 2. The summed E-state index contributed by atoms with van der Waals surface area (Å²) in [7, 11) is 1.92. The molecule has 0 bridgehead atoms. The van der Waals surface area contributed by atoms with E-state index < -0.39 is 0 Å². The van der Waals surface area contributed by atoms with Gasteiger partial charge in [0.1, 0.15) is 11.8 Å². The number of likely N-dealkylation sites (N-methyl/N-ethyl adjacent to an activating group) is 1. The lowest BCUT2D eigenvalue weighted by atomic mass is 10.1. The van der Waals surface area contributed by atoms with Crippen LogP contribution in [0.1, 0.15) is 24.6 Å². The van der Waals surface area contributed by atoms with Crippen molar-refractivity contribution in [2.45, 2.75) is 18.9 Å². The van der Waals surface area contributed by atoms with Gasteiger partial charge in [0.15, 0.2) is 0 Å². The highest BCUT2D eigenvalue weighted by molar-refractivity contribution is 5.73. The molecule has 2 heterocycles. The predicted molar refractivity (Wildman–Crippen MR) is 74.6 cm³/mol. The highest BCUT2D eigenvalue weighted by Crippen LogP contribution is 2.25. The number of fused-ring (bicyclic) bond motifs is 1. The van der Waals surface area contributed by atoms with Crippen molar-refractivity contribution in [1.29, 1.82) is 0 Å². The first-order valence-electron chi connectivity index (χ1n) is 6.60. The van der Waals surface area contributed by atoms with Crippen molar-refractivity contribution in [2.24, 2.45) is 0 Å². The molecule has 0 spiro atoms. The maximum Gasteiger partial charge on any atom is 0.115 e. The van der Waals surface area contributed by atoms with Gasteiger partial charge in [0.25, 0.3) is 0 Å². The minimum atomic E-state index is -0.0163. The molecule has 4 nitrogen and oxygen atoms in total. The summed E-state index contributed by atoms with van der Waals surface area (Å²) >= 11 is 0. The number of rotatable bonds is 3. The average molecular weight is 255 g/mol. The fourth-order valence-corrected chi connectivity index (χ4v) is 2.32. The van der Waals surface area contributed by atoms with Crippen LogP contribution in [0.2, 0.25) is 0 Å². The Morgan fingerprint density at radius 1 is 1.26 bits per heavy atom. The van der Waals surface area contributed by atoms with Crippen molar-refractivity contribution in [3.63, 3.8) is 0 Å². The molecule has 1 aromatic carbocycles. The maximum atomic E-state index is 5.73. The molecule has 0 saturated carbocycles. The summed E-state index contributed by atoms with van der Waals surface area (Å²) in [5.74, 6) is 0.957. The Labute approximate surface area is 112 Å². The van der Waals surface area contributed by atoms with Crippen LogP contribution in [0.15, 0.2) is 42.3 Å².